The molecule has 0 spiro atoms. The maximum Gasteiger partial charge on any atom is 0.00729 e. The third-order valence-electron chi connectivity index (χ3n) is 1.69. The highest BCUT2D eigenvalue weighted by Crippen LogP contribution is 1.94. The number of nitrogens with zero attached hydrogens (tertiary/aromatic N) is 1. The Hall–Kier alpha value is -0.0800. The van der Waals surface area contributed by atoms with Gasteiger partial charge in [0.25, 0.3) is 0 Å². The van der Waals surface area contributed by atoms with E-state index in [9.17, 15) is 0 Å². The molecule has 2 heteroatoms. The molecule has 12 heavy (non-hydrogen) atoms. The van der Waals surface area contributed by atoms with Crippen molar-refractivity contribution in [3.05, 3.63) is 0 Å². The maximum atomic E-state index is 3.13. The zero-order valence-corrected chi connectivity index (χ0v) is 9.65. The molecule has 0 radical (unpaired) electrons. The van der Waals surface area contributed by atoms with E-state index in [0.717, 1.165) is 6.54 Å². The van der Waals surface area contributed by atoms with Crippen molar-refractivity contribution in [2.75, 3.05) is 27.7 Å². The maximum absolute atomic E-state index is 3.13. The SMILES string of the molecule is CCC.CNCCC(C)N(C)C. The number of rotatable bonds is 4. The predicted octanol–water partition coefficient (Wildman–Crippen LogP) is 1.96. The summed E-state index contributed by atoms with van der Waals surface area (Å²) in [6, 6.07) is 0.692. The van der Waals surface area contributed by atoms with E-state index in [2.05, 4.69) is 45.1 Å². The van der Waals surface area contributed by atoms with Crippen LogP contribution >= 0.6 is 0 Å². The van der Waals surface area contributed by atoms with E-state index < -0.39 is 0 Å². The molecule has 0 aliphatic heterocycles. The summed E-state index contributed by atoms with van der Waals surface area (Å²) >= 11 is 0. The van der Waals surface area contributed by atoms with E-state index in [1.165, 1.54) is 12.8 Å². The lowest BCUT2D eigenvalue weighted by atomic mass is 10.2. The van der Waals surface area contributed by atoms with Crippen molar-refractivity contribution < 1.29 is 0 Å². The molecule has 0 aromatic rings. The normalized spacial score (nSPS) is 12.2. The van der Waals surface area contributed by atoms with Gasteiger partial charge in [0.1, 0.15) is 0 Å². The number of hydrogen-bond acceptors (Lipinski definition) is 2. The lowest BCUT2D eigenvalue weighted by Gasteiger charge is -2.18. The van der Waals surface area contributed by atoms with Gasteiger partial charge in [0.15, 0.2) is 0 Å². The van der Waals surface area contributed by atoms with Crippen molar-refractivity contribution in [3.8, 4) is 0 Å². The van der Waals surface area contributed by atoms with Crippen LogP contribution in [0.2, 0.25) is 0 Å². The Kier molecular flexibility index (Phi) is 13.1. The molecule has 0 aromatic heterocycles. The second kappa shape index (κ2) is 10.9. The highest BCUT2D eigenvalue weighted by molar-refractivity contribution is 4.59. The molecule has 0 rings (SSSR count). The van der Waals surface area contributed by atoms with E-state index in [1.54, 1.807) is 0 Å². The van der Waals surface area contributed by atoms with Crippen LogP contribution in [0.25, 0.3) is 0 Å². The molecule has 76 valence electrons. The van der Waals surface area contributed by atoms with Gasteiger partial charge in [-0.25, -0.2) is 0 Å². The molecule has 0 aliphatic carbocycles. The average Bonchev–Trinajstić information content (AvgIpc) is 2.01. The highest BCUT2D eigenvalue weighted by atomic mass is 15.1. The Bertz CT molecular complexity index is 72.2. The number of hydrogen-bond donors (Lipinski definition) is 1. The number of nitrogens with one attached hydrogen (secondary N) is 1. The lowest BCUT2D eigenvalue weighted by molar-refractivity contribution is 0.297. The molecule has 0 fully saturated rings. The molecule has 1 N–H and O–H groups in total. The summed E-state index contributed by atoms with van der Waals surface area (Å²) in [7, 11) is 6.21. The van der Waals surface area contributed by atoms with Gasteiger partial charge in [-0.2, -0.15) is 0 Å². The molecule has 0 saturated heterocycles. The summed E-state index contributed by atoms with van der Waals surface area (Å²) in [6.45, 7) is 7.59. The van der Waals surface area contributed by atoms with Crippen LogP contribution in [0, 0.1) is 0 Å². The molecule has 0 aromatic carbocycles. The van der Waals surface area contributed by atoms with Crippen LogP contribution in [0.15, 0.2) is 0 Å². The van der Waals surface area contributed by atoms with Crippen LogP contribution in [-0.2, 0) is 0 Å². The van der Waals surface area contributed by atoms with Gasteiger partial charge < -0.3 is 10.2 Å². The molecule has 0 bridgehead atoms. The van der Waals surface area contributed by atoms with Gasteiger partial charge in [0.05, 0.1) is 0 Å². The fourth-order valence-corrected chi connectivity index (χ4v) is 0.611. The van der Waals surface area contributed by atoms with E-state index in [0.29, 0.717) is 6.04 Å². The molecule has 0 saturated carbocycles. The molecular formula is C10H26N2. The summed E-state index contributed by atoms with van der Waals surface area (Å²) in [4.78, 5) is 2.23. The van der Waals surface area contributed by atoms with Crippen molar-refractivity contribution in [1.29, 1.82) is 0 Å². The van der Waals surface area contributed by atoms with Crippen molar-refractivity contribution in [2.24, 2.45) is 0 Å². The van der Waals surface area contributed by atoms with Crippen LogP contribution in [-0.4, -0.2) is 38.6 Å². The van der Waals surface area contributed by atoms with Crippen LogP contribution in [0.1, 0.15) is 33.6 Å². The zero-order valence-electron chi connectivity index (χ0n) is 9.65. The predicted molar refractivity (Wildman–Crippen MR) is 57.7 cm³/mol. The van der Waals surface area contributed by atoms with E-state index >= 15 is 0 Å². The molecule has 1 atom stereocenters. The van der Waals surface area contributed by atoms with Crippen molar-refractivity contribution in [3.63, 3.8) is 0 Å². The van der Waals surface area contributed by atoms with Gasteiger partial charge >= 0.3 is 0 Å². The van der Waals surface area contributed by atoms with Gasteiger partial charge in [0.2, 0.25) is 0 Å². The minimum absolute atomic E-state index is 0.692. The average molecular weight is 174 g/mol. The molecule has 0 amide bonds. The first-order valence-corrected chi connectivity index (χ1v) is 4.91. The van der Waals surface area contributed by atoms with Gasteiger partial charge in [-0.1, -0.05) is 20.3 Å². The topological polar surface area (TPSA) is 15.3 Å². The fraction of sp³-hybridized carbons (Fsp3) is 1.00. The monoisotopic (exact) mass is 174 g/mol. The van der Waals surface area contributed by atoms with Gasteiger partial charge in [0, 0.05) is 6.04 Å². The van der Waals surface area contributed by atoms with Crippen molar-refractivity contribution in [2.45, 2.75) is 39.7 Å². The summed E-state index contributed by atoms with van der Waals surface area (Å²) in [5, 5.41) is 3.13. The second-order valence-electron chi connectivity index (χ2n) is 3.41. The first-order chi connectivity index (χ1) is 5.59. The fourth-order valence-electron chi connectivity index (χ4n) is 0.611. The third kappa shape index (κ3) is 12.6. The largest absolute Gasteiger partial charge is 0.320 e. The molecule has 0 heterocycles. The van der Waals surface area contributed by atoms with E-state index in [-0.39, 0.29) is 0 Å². The second-order valence-corrected chi connectivity index (χ2v) is 3.41. The lowest BCUT2D eigenvalue weighted by Crippen LogP contribution is -2.27. The summed E-state index contributed by atoms with van der Waals surface area (Å²) in [5.74, 6) is 0. The molecule has 2 nitrogen and oxygen atoms in total. The quantitative estimate of drug-likeness (QED) is 0.701. The van der Waals surface area contributed by atoms with Crippen LogP contribution in [0.4, 0.5) is 0 Å². The Morgan fingerprint density at radius 3 is 1.92 bits per heavy atom. The summed E-state index contributed by atoms with van der Waals surface area (Å²) in [6.07, 6.45) is 2.48. The first-order valence-electron chi connectivity index (χ1n) is 4.91. The molecular weight excluding hydrogens is 148 g/mol. The van der Waals surface area contributed by atoms with Crippen LogP contribution < -0.4 is 5.32 Å². The molecule has 1 unspecified atom stereocenters. The van der Waals surface area contributed by atoms with Crippen LogP contribution in [0.5, 0.6) is 0 Å². The van der Waals surface area contributed by atoms with Gasteiger partial charge in [-0.05, 0) is 41.0 Å². The Labute approximate surface area is 78.3 Å². The van der Waals surface area contributed by atoms with Gasteiger partial charge in [-0.3, -0.25) is 0 Å². The van der Waals surface area contributed by atoms with Crippen molar-refractivity contribution >= 4 is 0 Å². The zero-order chi connectivity index (χ0) is 9.98. The van der Waals surface area contributed by atoms with Crippen molar-refractivity contribution in [1.82, 2.24) is 10.2 Å². The smallest absolute Gasteiger partial charge is 0.00729 e. The van der Waals surface area contributed by atoms with Gasteiger partial charge in [-0.15, -0.1) is 0 Å². The minimum Gasteiger partial charge on any atom is -0.320 e. The molecule has 0 aliphatic rings. The first kappa shape index (κ1) is 14.4. The Morgan fingerprint density at radius 1 is 1.25 bits per heavy atom. The Balaban J connectivity index is 0. The van der Waals surface area contributed by atoms with Crippen LogP contribution in [0.3, 0.4) is 0 Å². The standard InChI is InChI=1S/C7H18N2.C3H8/c1-7(9(3)4)5-6-8-2;1-3-2/h7-8H,5-6H2,1-4H3;3H2,1-2H3. The minimum atomic E-state index is 0.692. The Morgan fingerprint density at radius 2 is 1.67 bits per heavy atom. The van der Waals surface area contributed by atoms with E-state index in [4.69, 9.17) is 0 Å². The third-order valence-corrected chi connectivity index (χ3v) is 1.69. The van der Waals surface area contributed by atoms with E-state index in [1.807, 2.05) is 7.05 Å². The summed E-state index contributed by atoms with van der Waals surface area (Å²) < 4.78 is 0. The summed E-state index contributed by atoms with van der Waals surface area (Å²) in [5.41, 5.74) is 0. The highest BCUT2D eigenvalue weighted by Gasteiger charge is 2.01.